The van der Waals surface area contributed by atoms with Crippen LogP contribution in [0, 0.1) is 0 Å². The van der Waals surface area contributed by atoms with Gasteiger partial charge in [0, 0.05) is 43.2 Å². The maximum atomic E-state index is 11.7. The van der Waals surface area contributed by atoms with Gasteiger partial charge in [-0.15, -0.1) is 0 Å². The second-order valence-corrected chi connectivity index (χ2v) is 9.45. The standard InChI is InChI=1S/C21H24N6O4S/c1-13(28)27-7-6-16(11-27)25-20-17-8-14(4-5-18(17)23-12-24-20)15-9-19(26-32(3,29)30)21(31-2)22-10-15/h4-5,8-10,12,16,26H,6-7,11H2,1-3H3,(H,23,24,25)/t16-/m0/s1. The molecule has 3 heterocycles. The molecule has 3 aromatic rings. The van der Waals surface area contributed by atoms with Gasteiger partial charge < -0.3 is 15.0 Å². The highest BCUT2D eigenvalue weighted by Crippen LogP contribution is 2.32. The van der Waals surface area contributed by atoms with Crippen LogP contribution >= 0.6 is 0 Å². The molecule has 10 nitrogen and oxygen atoms in total. The summed E-state index contributed by atoms with van der Waals surface area (Å²) < 4.78 is 31.1. The molecule has 1 amide bonds. The number of nitrogens with zero attached hydrogens (tertiary/aromatic N) is 4. The number of hydrogen-bond donors (Lipinski definition) is 2. The number of carbonyl (C=O) groups is 1. The number of hydrogen-bond acceptors (Lipinski definition) is 8. The Labute approximate surface area is 186 Å². The van der Waals surface area contributed by atoms with Gasteiger partial charge in [-0.25, -0.2) is 23.4 Å². The molecule has 1 atom stereocenters. The van der Waals surface area contributed by atoms with Crippen molar-refractivity contribution in [3.05, 3.63) is 36.8 Å². The van der Waals surface area contributed by atoms with Gasteiger partial charge in [0.25, 0.3) is 0 Å². The minimum Gasteiger partial charge on any atom is -0.480 e. The van der Waals surface area contributed by atoms with Gasteiger partial charge in [0.2, 0.25) is 21.8 Å². The first-order valence-corrected chi connectivity index (χ1v) is 11.9. The summed E-state index contributed by atoms with van der Waals surface area (Å²) in [5, 5.41) is 4.25. The molecular weight excluding hydrogens is 432 g/mol. The Morgan fingerprint density at radius 3 is 2.69 bits per heavy atom. The van der Waals surface area contributed by atoms with Gasteiger partial charge in [0.05, 0.1) is 18.9 Å². The van der Waals surface area contributed by atoms with Crippen molar-refractivity contribution in [3.8, 4) is 17.0 Å². The highest BCUT2D eigenvalue weighted by atomic mass is 32.2. The highest BCUT2D eigenvalue weighted by molar-refractivity contribution is 7.92. The largest absolute Gasteiger partial charge is 0.480 e. The van der Waals surface area contributed by atoms with Crippen LogP contribution in [0.1, 0.15) is 13.3 Å². The van der Waals surface area contributed by atoms with Gasteiger partial charge >= 0.3 is 0 Å². The summed E-state index contributed by atoms with van der Waals surface area (Å²) in [5.41, 5.74) is 2.55. The average Bonchev–Trinajstić information content (AvgIpc) is 3.21. The Balaban J connectivity index is 1.69. The van der Waals surface area contributed by atoms with Gasteiger partial charge in [0.1, 0.15) is 17.8 Å². The van der Waals surface area contributed by atoms with E-state index in [1.807, 2.05) is 23.1 Å². The number of likely N-dealkylation sites (tertiary alicyclic amines) is 1. The molecule has 2 N–H and O–H groups in total. The molecule has 1 aliphatic heterocycles. The predicted octanol–water partition coefficient (Wildman–Crippen LogP) is 2.10. The SMILES string of the molecule is COc1ncc(-c2ccc3ncnc(N[C@H]4CCN(C(C)=O)C4)c3c2)cc1NS(C)(=O)=O. The molecule has 0 radical (unpaired) electrons. The number of rotatable bonds is 6. The van der Waals surface area contributed by atoms with Crippen LogP contribution in [0.4, 0.5) is 11.5 Å². The van der Waals surface area contributed by atoms with E-state index in [9.17, 15) is 13.2 Å². The molecule has 1 fully saturated rings. The van der Waals surface area contributed by atoms with Crippen LogP contribution in [0.15, 0.2) is 36.8 Å². The van der Waals surface area contributed by atoms with Crippen LogP contribution in [-0.4, -0.2) is 66.7 Å². The van der Waals surface area contributed by atoms with E-state index >= 15 is 0 Å². The lowest BCUT2D eigenvalue weighted by Crippen LogP contribution is -2.29. The first-order valence-electron chi connectivity index (χ1n) is 10.0. The Morgan fingerprint density at radius 2 is 2.00 bits per heavy atom. The van der Waals surface area contributed by atoms with Crippen molar-refractivity contribution in [1.82, 2.24) is 19.9 Å². The molecule has 1 aromatic carbocycles. The van der Waals surface area contributed by atoms with Crippen LogP contribution in [0.25, 0.3) is 22.0 Å². The molecule has 4 rings (SSSR count). The smallest absolute Gasteiger partial charge is 0.238 e. The molecular formula is C21H24N6O4S. The lowest BCUT2D eigenvalue weighted by molar-refractivity contribution is -0.127. The van der Waals surface area contributed by atoms with Gasteiger partial charge in [0.15, 0.2) is 0 Å². The van der Waals surface area contributed by atoms with Crippen molar-refractivity contribution in [1.29, 1.82) is 0 Å². The summed E-state index contributed by atoms with van der Waals surface area (Å²) >= 11 is 0. The minimum absolute atomic E-state index is 0.0645. The molecule has 0 saturated carbocycles. The number of methoxy groups -OCH3 is 1. The molecule has 0 bridgehead atoms. The molecule has 32 heavy (non-hydrogen) atoms. The van der Waals surface area contributed by atoms with E-state index in [1.54, 1.807) is 19.2 Å². The van der Waals surface area contributed by atoms with Crippen LogP contribution in [0.3, 0.4) is 0 Å². The molecule has 0 unspecified atom stereocenters. The molecule has 11 heteroatoms. The lowest BCUT2D eigenvalue weighted by atomic mass is 10.0. The Bertz CT molecular complexity index is 1280. The number of sulfonamides is 1. The average molecular weight is 457 g/mol. The third-order valence-electron chi connectivity index (χ3n) is 5.28. The normalized spacial score (nSPS) is 16.2. The summed E-state index contributed by atoms with van der Waals surface area (Å²) in [4.78, 5) is 26.4. The van der Waals surface area contributed by atoms with E-state index < -0.39 is 10.0 Å². The van der Waals surface area contributed by atoms with Crippen LogP contribution in [0.2, 0.25) is 0 Å². The predicted molar refractivity (Wildman–Crippen MR) is 122 cm³/mol. The fourth-order valence-electron chi connectivity index (χ4n) is 3.75. The zero-order chi connectivity index (χ0) is 22.9. The van der Waals surface area contributed by atoms with Crippen molar-refractivity contribution in [3.63, 3.8) is 0 Å². The number of carbonyl (C=O) groups excluding carboxylic acids is 1. The number of benzene rings is 1. The topological polar surface area (TPSA) is 126 Å². The Morgan fingerprint density at radius 1 is 1.19 bits per heavy atom. The summed E-state index contributed by atoms with van der Waals surface area (Å²) in [6, 6.07) is 7.48. The number of ether oxygens (including phenoxy) is 1. The van der Waals surface area contributed by atoms with Gasteiger partial charge in [-0.3, -0.25) is 9.52 Å². The van der Waals surface area contributed by atoms with Crippen molar-refractivity contribution < 1.29 is 17.9 Å². The maximum Gasteiger partial charge on any atom is 0.238 e. The summed E-state index contributed by atoms with van der Waals surface area (Å²) in [5.74, 6) is 0.930. The molecule has 2 aromatic heterocycles. The van der Waals surface area contributed by atoms with E-state index in [-0.39, 0.29) is 23.5 Å². The molecule has 1 aliphatic rings. The maximum absolute atomic E-state index is 11.7. The number of anilines is 2. The molecule has 168 valence electrons. The zero-order valence-electron chi connectivity index (χ0n) is 18.0. The number of pyridine rings is 1. The Kier molecular flexibility index (Phi) is 5.83. The summed E-state index contributed by atoms with van der Waals surface area (Å²) in [6.07, 6.45) is 5.03. The first kappa shape index (κ1) is 21.8. The fourth-order valence-corrected chi connectivity index (χ4v) is 4.30. The van der Waals surface area contributed by atoms with E-state index in [0.29, 0.717) is 17.9 Å². The minimum atomic E-state index is -3.50. The number of aromatic nitrogens is 3. The van der Waals surface area contributed by atoms with Crippen LogP contribution < -0.4 is 14.8 Å². The van der Waals surface area contributed by atoms with Crippen molar-refractivity contribution in [2.75, 3.05) is 36.5 Å². The first-order chi connectivity index (χ1) is 15.2. The quantitative estimate of drug-likeness (QED) is 0.577. The number of nitrogens with one attached hydrogen (secondary N) is 2. The van der Waals surface area contributed by atoms with Gasteiger partial charge in [-0.1, -0.05) is 6.07 Å². The summed E-state index contributed by atoms with van der Waals surface area (Å²) in [6.45, 7) is 2.92. The molecule has 0 aliphatic carbocycles. The monoisotopic (exact) mass is 456 g/mol. The van der Waals surface area contributed by atoms with Crippen molar-refractivity contribution in [2.45, 2.75) is 19.4 Å². The van der Waals surface area contributed by atoms with E-state index in [0.717, 1.165) is 35.7 Å². The summed E-state index contributed by atoms with van der Waals surface area (Å²) in [7, 11) is -2.07. The Hall–Kier alpha value is -3.47. The second-order valence-electron chi connectivity index (χ2n) is 7.70. The van der Waals surface area contributed by atoms with E-state index in [2.05, 4.69) is 25.0 Å². The van der Waals surface area contributed by atoms with Gasteiger partial charge in [-0.05, 0) is 30.2 Å². The van der Waals surface area contributed by atoms with Crippen LogP contribution in [-0.2, 0) is 14.8 Å². The number of amides is 1. The zero-order valence-corrected chi connectivity index (χ0v) is 18.8. The van der Waals surface area contributed by atoms with E-state index in [4.69, 9.17) is 4.74 Å². The van der Waals surface area contributed by atoms with Crippen molar-refractivity contribution in [2.24, 2.45) is 0 Å². The molecule has 1 saturated heterocycles. The number of fused-ring (bicyclic) bond motifs is 1. The lowest BCUT2D eigenvalue weighted by Gasteiger charge is -2.17. The fraction of sp³-hybridized carbons (Fsp3) is 0.333. The van der Waals surface area contributed by atoms with Crippen molar-refractivity contribution >= 4 is 38.3 Å². The highest BCUT2D eigenvalue weighted by Gasteiger charge is 2.24. The van der Waals surface area contributed by atoms with E-state index in [1.165, 1.54) is 13.4 Å². The van der Waals surface area contributed by atoms with Gasteiger partial charge in [-0.2, -0.15) is 0 Å². The second kappa shape index (κ2) is 8.58. The van der Waals surface area contributed by atoms with Crippen LogP contribution in [0.5, 0.6) is 5.88 Å². The third-order valence-corrected chi connectivity index (χ3v) is 5.87. The third kappa shape index (κ3) is 4.72. The molecule has 0 spiro atoms.